The summed E-state index contributed by atoms with van der Waals surface area (Å²) < 4.78 is 5.38. The van der Waals surface area contributed by atoms with Crippen LogP contribution >= 0.6 is 15.9 Å². The van der Waals surface area contributed by atoms with Crippen molar-refractivity contribution < 1.29 is 9.53 Å². The van der Waals surface area contributed by atoms with E-state index in [0.717, 1.165) is 6.42 Å². The zero-order valence-electron chi connectivity index (χ0n) is 17.1. The van der Waals surface area contributed by atoms with E-state index in [9.17, 15) is 4.79 Å². The molecule has 0 heterocycles. The molecule has 0 spiro atoms. The normalized spacial score (nSPS) is 14.8. The summed E-state index contributed by atoms with van der Waals surface area (Å²) >= 11 is 3.83. The van der Waals surface area contributed by atoms with Gasteiger partial charge in [0.2, 0.25) is 0 Å². The Balaban J connectivity index is 3.62. The van der Waals surface area contributed by atoms with Gasteiger partial charge in [-0.1, -0.05) is 101 Å². The smallest absolute Gasteiger partial charge is 0.333 e. The molecule has 0 saturated heterocycles. The first-order chi connectivity index (χ1) is 11.9. The molecular formula is C22H41BrO2. The van der Waals surface area contributed by atoms with Gasteiger partial charge in [0.05, 0.1) is 6.10 Å². The minimum absolute atomic E-state index is 0.0491. The van der Waals surface area contributed by atoms with Gasteiger partial charge in [0, 0.05) is 10.4 Å². The third-order valence-electron chi connectivity index (χ3n) is 4.81. The Labute approximate surface area is 165 Å². The molecule has 0 amide bonds. The summed E-state index contributed by atoms with van der Waals surface area (Å²) in [5, 5.41) is 0. The van der Waals surface area contributed by atoms with Crippen LogP contribution in [0.1, 0.15) is 105 Å². The maximum absolute atomic E-state index is 11.5. The maximum Gasteiger partial charge on any atom is 0.333 e. The largest absolute Gasteiger partial charge is 0.459 e. The van der Waals surface area contributed by atoms with E-state index in [1.54, 1.807) is 6.92 Å². The summed E-state index contributed by atoms with van der Waals surface area (Å²) in [7, 11) is 0. The van der Waals surface area contributed by atoms with Crippen molar-refractivity contribution in [3.63, 3.8) is 0 Å². The lowest BCUT2D eigenvalue weighted by atomic mass is 9.96. The van der Waals surface area contributed by atoms with Crippen LogP contribution in [0.2, 0.25) is 0 Å². The van der Waals surface area contributed by atoms with Gasteiger partial charge in [0.1, 0.15) is 0 Å². The first kappa shape index (κ1) is 24.7. The van der Waals surface area contributed by atoms with E-state index in [0.29, 0.717) is 16.3 Å². The van der Waals surface area contributed by atoms with Crippen molar-refractivity contribution in [1.82, 2.24) is 0 Å². The molecule has 148 valence electrons. The van der Waals surface area contributed by atoms with Gasteiger partial charge in [-0.25, -0.2) is 4.79 Å². The number of ether oxygens (including phenoxy) is 1. The number of esters is 1. The lowest BCUT2D eigenvalue weighted by Crippen LogP contribution is -2.22. The van der Waals surface area contributed by atoms with Gasteiger partial charge in [-0.3, -0.25) is 0 Å². The molecular weight excluding hydrogens is 376 g/mol. The van der Waals surface area contributed by atoms with E-state index in [1.807, 2.05) is 6.92 Å². The zero-order chi connectivity index (χ0) is 19.1. The van der Waals surface area contributed by atoms with Crippen molar-refractivity contribution in [2.24, 2.45) is 5.92 Å². The van der Waals surface area contributed by atoms with Crippen molar-refractivity contribution in [1.29, 1.82) is 0 Å². The van der Waals surface area contributed by atoms with Gasteiger partial charge < -0.3 is 4.74 Å². The minimum Gasteiger partial charge on any atom is -0.459 e. The van der Waals surface area contributed by atoms with Crippen molar-refractivity contribution in [2.75, 3.05) is 0 Å². The Morgan fingerprint density at radius 3 is 1.92 bits per heavy atom. The second-order valence-electron chi connectivity index (χ2n) is 7.70. The monoisotopic (exact) mass is 416 g/mol. The average molecular weight is 417 g/mol. The van der Waals surface area contributed by atoms with Gasteiger partial charge in [-0.05, 0) is 32.6 Å². The Morgan fingerprint density at radius 1 is 0.960 bits per heavy atom. The minimum atomic E-state index is -0.277. The number of hydrogen-bond donors (Lipinski definition) is 0. The molecule has 0 aromatic rings. The molecule has 0 bridgehead atoms. The molecule has 0 radical (unpaired) electrons. The maximum atomic E-state index is 11.5. The second-order valence-corrected chi connectivity index (χ2v) is 8.87. The van der Waals surface area contributed by atoms with Crippen LogP contribution in [0.25, 0.3) is 0 Å². The lowest BCUT2D eigenvalue weighted by Gasteiger charge is -2.22. The summed E-state index contributed by atoms with van der Waals surface area (Å²) in [5.74, 6) is 0.229. The Morgan fingerprint density at radius 2 is 1.44 bits per heavy atom. The molecule has 0 aliphatic carbocycles. The van der Waals surface area contributed by atoms with Crippen LogP contribution in [-0.4, -0.2) is 16.9 Å². The van der Waals surface area contributed by atoms with E-state index in [4.69, 9.17) is 4.74 Å². The third-order valence-corrected chi connectivity index (χ3v) is 6.17. The lowest BCUT2D eigenvalue weighted by molar-refractivity contribution is -0.144. The van der Waals surface area contributed by atoms with E-state index >= 15 is 0 Å². The van der Waals surface area contributed by atoms with Crippen molar-refractivity contribution in [2.45, 2.75) is 116 Å². The molecule has 2 nitrogen and oxygen atoms in total. The van der Waals surface area contributed by atoms with Crippen LogP contribution < -0.4 is 0 Å². The first-order valence-corrected chi connectivity index (χ1v) is 11.3. The Kier molecular flexibility index (Phi) is 15.7. The molecule has 0 N–H and O–H groups in total. The van der Waals surface area contributed by atoms with Crippen LogP contribution in [0.3, 0.4) is 0 Å². The predicted molar refractivity (Wildman–Crippen MR) is 113 cm³/mol. The molecule has 3 unspecified atom stereocenters. The molecule has 3 heteroatoms. The van der Waals surface area contributed by atoms with Crippen LogP contribution in [0.4, 0.5) is 0 Å². The molecule has 0 aromatic heterocycles. The van der Waals surface area contributed by atoms with Crippen molar-refractivity contribution >= 4 is 21.9 Å². The molecule has 25 heavy (non-hydrogen) atoms. The van der Waals surface area contributed by atoms with E-state index < -0.39 is 0 Å². The number of halogens is 1. The Bertz CT molecular complexity index is 354. The van der Waals surface area contributed by atoms with Crippen molar-refractivity contribution in [3.05, 3.63) is 12.2 Å². The number of alkyl halides is 1. The third kappa shape index (κ3) is 14.5. The highest BCUT2D eigenvalue weighted by atomic mass is 79.9. The quantitative estimate of drug-likeness (QED) is 0.112. The molecule has 0 aromatic carbocycles. The molecule has 0 fully saturated rings. The topological polar surface area (TPSA) is 26.3 Å². The summed E-state index contributed by atoms with van der Waals surface area (Å²) in [6, 6.07) is 0. The SMILES string of the molecule is C=C(C)C(=O)OC(C)CC(C)C(Br)CCCCCCCCCCCC. The summed E-state index contributed by atoms with van der Waals surface area (Å²) in [6.07, 6.45) is 15.8. The van der Waals surface area contributed by atoms with Crippen molar-refractivity contribution in [3.8, 4) is 0 Å². The number of rotatable bonds is 16. The molecule has 0 aliphatic rings. The Hall–Kier alpha value is -0.310. The van der Waals surface area contributed by atoms with Crippen LogP contribution in [-0.2, 0) is 9.53 Å². The fourth-order valence-electron chi connectivity index (χ4n) is 3.11. The van der Waals surface area contributed by atoms with Crippen LogP contribution in [0.5, 0.6) is 0 Å². The van der Waals surface area contributed by atoms with E-state index in [-0.39, 0.29) is 12.1 Å². The highest BCUT2D eigenvalue weighted by molar-refractivity contribution is 9.09. The average Bonchev–Trinajstić information content (AvgIpc) is 2.55. The van der Waals surface area contributed by atoms with Crippen LogP contribution in [0.15, 0.2) is 12.2 Å². The highest BCUT2D eigenvalue weighted by Gasteiger charge is 2.19. The van der Waals surface area contributed by atoms with Gasteiger partial charge in [-0.2, -0.15) is 0 Å². The van der Waals surface area contributed by atoms with Gasteiger partial charge in [0.15, 0.2) is 0 Å². The standard InChI is InChI=1S/C22H41BrO2/c1-6-7-8-9-10-11-12-13-14-15-16-21(23)19(4)17-20(5)25-22(24)18(2)3/h19-21H,2,6-17H2,1,3-5H3. The molecule has 0 rings (SSSR count). The number of hydrogen-bond acceptors (Lipinski definition) is 2. The molecule has 0 aliphatic heterocycles. The van der Waals surface area contributed by atoms with Gasteiger partial charge in [-0.15, -0.1) is 0 Å². The molecule has 3 atom stereocenters. The first-order valence-electron chi connectivity index (χ1n) is 10.4. The zero-order valence-corrected chi connectivity index (χ0v) is 18.7. The second kappa shape index (κ2) is 15.9. The van der Waals surface area contributed by atoms with Gasteiger partial charge in [0.25, 0.3) is 0 Å². The highest BCUT2D eigenvalue weighted by Crippen LogP contribution is 2.25. The fraction of sp³-hybridized carbons (Fsp3) is 0.864. The summed E-state index contributed by atoms with van der Waals surface area (Å²) in [5.41, 5.74) is 0.472. The summed E-state index contributed by atoms with van der Waals surface area (Å²) in [6.45, 7) is 11.8. The number of unbranched alkanes of at least 4 members (excludes halogenated alkanes) is 9. The number of carbonyl (C=O) groups excluding carboxylic acids is 1. The fourth-order valence-corrected chi connectivity index (χ4v) is 3.65. The van der Waals surface area contributed by atoms with Crippen LogP contribution in [0, 0.1) is 5.92 Å². The molecule has 0 saturated carbocycles. The predicted octanol–water partition coefficient (Wildman–Crippen LogP) is 7.59. The number of carbonyl (C=O) groups is 1. The van der Waals surface area contributed by atoms with E-state index in [1.165, 1.54) is 70.6 Å². The van der Waals surface area contributed by atoms with Gasteiger partial charge >= 0.3 is 5.97 Å². The van der Waals surface area contributed by atoms with E-state index in [2.05, 4.69) is 36.4 Å². The summed E-state index contributed by atoms with van der Waals surface area (Å²) in [4.78, 5) is 12.0.